The standard InChI is InChI=1S/C12H16ClN3O/c1-12(2)5-7-16(8-6-12)11(17)9-3-4-10(13)15-14-9/h3-4H,5-8H2,1-2H3. The van der Waals surface area contributed by atoms with Crippen LogP contribution in [0.3, 0.4) is 0 Å². The Labute approximate surface area is 106 Å². The van der Waals surface area contributed by atoms with Gasteiger partial charge < -0.3 is 4.90 Å². The Morgan fingerprint density at radius 1 is 1.29 bits per heavy atom. The van der Waals surface area contributed by atoms with Gasteiger partial charge in [-0.25, -0.2) is 0 Å². The van der Waals surface area contributed by atoms with Gasteiger partial charge in [0.25, 0.3) is 5.91 Å². The molecule has 0 N–H and O–H groups in total. The van der Waals surface area contributed by atoms with Crippen LogP contribution in [-0.4, -0.2) is 34.1 Å². The third-order valence-corrected chi connectivity index (χ3v) is 3.46. The smallest absolute Gasteiger partial charge is 0.274 e. The van der Waals surface area contributed by atoms with E-state index in [1.807, 2.05) is 4.90 Å². The van der Waals surface area contributed by atoms with Crippen LogP contribution in [0.15, 0.2) is 12.1 Å². The lowest BCUT2D eigenvalue weighted by molar-refractivity contribution is 0.0623. The molecule has 0 radical (unpaired) electrons. The van der Waals surface area contributed by atoms with Crippen molar-refractivity contribution in [1.29, 1.82) is 0 Å². The second-order valence-corrected chi connectivity index (χ2v) is 5.58. The van der Waals surface area contributed by atoms with Gasteiger partial charge in [-0.2, -0.15) is 0 Å². The first kappa shape index (κ1) is 12.3. The van der Waals surface area contributed by atoms with Crippen molar-refractivity contribution in [3.8, 4) is 0 Å². The largest absolute Gasteiger partial charge is 0.337 e. The van der Waals surface area contributed by atoms with Crippen molar-refractivity contribution in [2.75, 3.05) is 13.1 Å². The van der Waals surface area contributed by atoms with Crippen LogP contribution in [0.1, 0.15) is 37.2 Å². The van der Waals surface area contributed by atoms with E-state index in [4.69, 9.17) is 11.6 Å². The molecular formula is C12H16ClN3O. The molecule has 5 heteroatoms. The van der Waals surface area contributed by atoms with E-state index in [-0.39, 0.29) is 5.91 Å². The Morgan fingerprint density at radius 2 is 1.94 bits per heavy atom. The van der Waals surface area contributed by atoms with Gasteiger partial charge in [-0.05, 0) is 30.4 Å². The number of nitrogens with zero attached hydrogens (tertiary/aromatic N) is 3. The molecule has 1 aliphatic rings. The molecule has 2 rings (SSSR count). The maximum atomic E-state index is 12.1. The number of amides is 1. The number of rotatable bonds is 1. The molecule has 1 fully saturated rings. The first-order valence-electron chi connectivity index (χ1n) is 5.76. The highest BCUT2D eigenvalue weighted by atomic mass is 35.5. The Hall–Kier alpha value is -1.16. The number of likely N-dealkylation sites (tertiary alicyclic amines) is 1. The van der Waals surface area contributed by atoms with E-state index in [9.17, 15) is 4.79 Å². The van der Waals surface area contributed by atoms with Gasteiger partial charge in [-0.3, -0.25) is 4.79 Å². The minimum Gasteiger partial charge on any atom is -0.337 e. The number of piperidine rings is 1. The molecule has 0 saturated carbocycles. The lowest BCUT2D eigenvalue weighted by Gasteiger charge is -2.36. The average Bonchev–Trinajstić information content (AvgIpc) is 2.29. The number of halogens is 1. The van der Waals surface area contributed by atoms with E-state index < -0.39 is 0 Å². The molecule has 1 aromatic heterocycles. The van der Waals surface area contributed by atoms with Crippen LogP contribution in [0.5, 0.6) is 0 Å². The summed E-state index contributed by atoms with van der Waals surface area (Å²) in [5.74, 6) is -0.0512. The summed E-state index contributed by atoms with van der Waals surface area (Å²) in [5.41, 5.74) is 0.705. The van der Waals surface area contributed by atoms with Gasteiger partial charge in [0.15, 0.2) is 10.8 Å². The second-order valence-electron chi connectivity index (χ2n) is 5.20. The molecule has 0 unspecified atom stereocenters. The van der Waals surface area contributed by atoms with Crippen molar-refractivity contribution >= 4 is 17.5 Å². The maximum Gasteiger partial charge on any atom is 0.274 e. The third kappa shape index (κ3) is 2.94. The quantitative estimate of drug-likeness (QED) is 0.772. The van der Waals surface area contributed by atoms with Crippen LogP contribution >= 0.6 is 11.6 Å². The predicted octanol–water partition coefficient (Wildman–Crippen LogP) is 2.39. The average molecular weight is 254 g/mol. The van der Waals surface area contributed by atoms with E-state index in [0.717, 1.165) is 25.9 Å². The Morgan fingerprint density at radius 3 is 2.47 bits per heavy atom. The maximum absolute atomic E-state index is 12.1. The van der Waals surface area contributed by atoms with Gasteiger partial charge in [0, 0.05) is 13.1 Å². The highest BCUT2D eigenvalue weighted by Gasteiger charge is 2.28. The SMILES string of the molecule is CC1(C)CCN(C(=O)c2ccc(Cl)nn2)CC1. The lowest BCUT2D eigenvalue weighted by Crippen LogP contribution is -2.41. The molecule has 2 heterocycles. The van der Waals surface area contributed by atoms with Crippen molar-refractivity contribution in [3.05, 3.63) is 23.0 Å². The van der Waals surface area contributed by atoms with E-state index in [0.29, 0.717) is 16.3 Å². The zero-order valence-electron chi connectivity index (χ0n) is 10.1. The van der Waals surface area contributed by atoms with Gasteiger partial charge in [-0.15, -0.1) is 10.2 Å². The molecule has 0 aliphatic carbocycles. The van der Waals surface area contributed by atoms with E-state index in [1.165, 1.54) is 0 Å². The van der Waals surface area contributed by atoms with Crippen molar-refractivity contribution in [1.82, 2.24) is 15.1 Å². The van der Waals surface area contributed by atoms with Crippen molar-refractivity contribution < 1.29 is 4.79 Å². The summed E-state index contributed by atoms with van der Waals surface area (Å²) in [7, 11) is 0. The highest BCUT2D eigenvalue weighted by Crippen LogP contribution is 2.30. The van der Waals surface area contributed by atoms with E-state index in [2.05, 4.69) is 24.0 Å². The molecule has 0 spiro atoms. The second kappa shape index (κ2) is 4.61. The van der Waals surface area contributed by atoms with Crippen LogP contribution in [-0.2, 0) is 0 Å². The summed E-state index contributed by atoms with van der Waals surface area (Å²) in [6.45, 7) is 6.04. The van der Waals surface area contributed by atoms with E-state index >= 15 is 0 Å². The minimum atomic E-state index is -0.0512. The molecule has 4 nitrogen and oxygen atoms in total. The van der Waals surface area contributed by atoms with Crippen LogP contribution in [0.4, 0.5) is 0 Å². The summed E-state index contributed by atoms with van der Waals surface area (Å²) in [6, 6.07) is 3.22. The number of hydrogen-bond acceptors (Lipinski definition) is 3. The van der Waals surface area contributed by atoms with Crippen molar-refractivity contribution in [3.63, 3.8) is 0 Å². The number of aromatic nitrogens is 2. The van der Waals surface area contributed by atoms with Crippen LogP contribution in [0.25, 0.3) is 0 Å². The fraction of sp³-hybridized carbons (Fsp3) is 0.583. The summed E-state index contributed by atoms with van der Waals surface area (Å²) in [5, 5.41) is 7.81. The molecule has 0 bridgehead atoms. The van der Waals surface area contributed by atoms with Gasteiger partial charge in [0.2, 0.25) is 0 Å². The number of carbonyl (C=O) groups is 1. The van der Waals surface area contributed by atoms with Crippen LogP contribution in [0, 0.1) is 5.41 Å². The summed E-state index contributed by atoms with van der Waals surface area (Å²) >= 11 is 5.64. The topological polar surface area (TPSA) is 46.1 Å². The lowest BCUT2D eigenvalue weighted by atomic mass is 9.82. The summed E-state index contributed by atoms with van der Waals surface area (Å²) in [6.07, 6.45) is 2.06. The molecule has 92 valence electrons. The Bertz CT molecular complexity index is 406. The Balaban J connectivity index is 2.04. The van der Waals surface area contributed by atoms with Gasteiger partial charge in [0.1, 0.15) is 0 Å². The third-order valence-electron chi connectivity index (χ3n) is 3.26. The zero-order valence-corrected chi connectivity index (χ0v) is 10.9. The van der Waals surface area contributed by atoms with Crippen molar-refractivity contribution in [2.24, 2.45) is 5.41 Å². The molecule has 1 aromatic rings. The van der Waals surface area contributed by atoms with Crippen LogP contribution in [0.2, 0.25) is 5.15 Å². The minimum absolute atomic E-state index is 0.0512. The summed E-state index contributed by atoms with van der Waals surface area (Å²) in [4.78, 5) is 13.9. The van der Waals surface area contributed by atoms with Gasteiger partial charge in [-0.1, -0.05) is 25.4 Å². The molecule has 0 aromatic carbocycles. The first-order chi connectivity index (χ1) is 7.98. The first-order valence-corrected chi connectivity index (χ1v) is 6.14. The molecular weight excluding hydrogens is 238 g/mol. The molecule has 17 heavy (non-hydrogen) atoms. The normalized spacial score (nSPS) is 19.1. The zero-order chi connectivity index (χ0) is 12.5. The monoisotopic (exact) mass is 253 g/mol. The fourth-order valence-corrected chi connectivity index (χ4v) is 2.01. The molecule has 0 atom stereocenters. The number of carbonyl (C=O) groups excluding carboxylic acids is 1. The molecule has 1 saturated heterocycles. The summed E-state index contributed by atoms with van der Waals surface area (Å²) < 4.78 is 0. The van der Waals surface area contributed by atoms with Gasteiger partial charge in [0.05, 0.1) is 0 Å². The van der Waals surface area contributed by atoms with Crippen LogP contribution < -0.4 is 0 Å². The van der Waals surface area contributed by atoms with E-state index in [1.54, 1.807) is 12.1 Å². The number of hydrogen-bond donors (Lipinski definition) is 0. The fourth-order valence-electron chi connectivity index (χ4n) is 1.91. The molecule has 1 aliphatic heterocycles. The van der Waals surface area contributed by atoms with Crippen molar-refractivity contribution in [2.45, 2.75) is 26.7 Å². The van der Waals surface area contributed by atoms with Gasteiger partial charge >= 0.3 is 0 Å². The highest BCUT2D eigenvalue weighted by molar-refractivity contribution is 6.29. The Kier molecular flexibility index (Phi) is 3.33. The molecule has 1 amide bonds. The predicted molar refractivity (Wildman–Crippen MR) is 66.0 cm³/mol.